The zero-order valence-corrected chi connectivity index (χ0v) is 15.6. The maximum absolute atomic E-state index is 11.9. The van der Waals surface area contributed by atoms with Gasteiger partial charge >= 0.3 is 0 Å². The summed E-state index contributed by atoms with van der Waals surface area (Å²) in [6.45, 7) is 1.03. The summed E-state index contributed by atoms with van der Waals surface area (Å²) in [5.41, 5.74) is 2.94. The summed E-state index contributed by atoms with van der Waals surface area (Å²) in [7, 11) is 0. The van der Waals surface area contributed by atoms with Crippen molar-refractivity contribution >= 4 is 40.3 Å². The van der Waals surface area contributed by atoms with E-state index in [1.54, 1.807) is 0 Å². The molecule has 1 amide bonds. The summed E-state index contributed by atoms with van der Waals surface area (Å²) in [4.78, 5) is 16.6. The molecule has 2 aromatic carbocycles. The Balaban J connectivity index is 1.82. The molecule has 26 heavy (non-hydrogen) atoms. The summed E-state index contributed by atoms with van der Waals surface area (Å²) < 4.78 is 2.09. The third kappa shape index (κ3) is 4.57. The van der Waals surface area contributed by atoms with Crippen LogP contribution in [-0.4, -0.2) is 27.8 Å². The number of imidazole rings is 1. The topological polar surface area (TPSA) is 70.7 Å². The number of aromatic nitrogens is 2. The molecule has 0 saturated carbocycles. The quantitative estimate of drug-likeness (QED) is 0.496. The van der Waals surface area contributed by atoms with Gasteiger partial charge in [0, 0.05) is 11.6 Å². The third-order valence-corrected chi connectivity index (χ3v) is 4.96. The van der Waals surface area contributed by atoms with Crippen molar-refractivity contribution < 1.29 is 4.79 Å². The molecule has 0 radical (unpaired) electrons. The fourth-order valence-electron chi connectivity index (χ4n) is 2.55. The van der Waals surface area contributed by atoms with E-state index in [0.29, 0.717) is 24.5 Å². The second-order valence-corrected chi connectivity index (χ2v) is 7.02. The first kappa shape index (κ1) is 18.3. The van der Waals surface area contributed by atoms with Crippen LogP contribution in [0.1, 0.15) is 12.0 Å². The molecule has 0 aliphatic heterocycles. The lowest BCUT2D eigenvalue weighted by atomic mass is 10.2. The van der Waals surface area contributed by atoms with E-state index in [9.17, 15) is 4.79 Å². The van der Waals surface area contributed by atoms with Gasteiger partial charge in [-0.1, -0.05) is 53.7 Å². The Bertz CT molecular complexity index is 949. The summed E-state index contributed by atoms with van der Waals surface area (Å²) in [6.07, 6.45) is 0.307. The Morgan fingerprint density at radius 3 is 2.85 bits per heavy atom. The van der Waals surface area contributed by atoms with Crippen LogP contribution in [0.5, 0.6) is 0 Å². The zero-order valence-electron chi connectivity index (χ0n) is 14.0. The van der Waals surface area contributed by atoms with Crippen LogP contribution in [0.25, 0.3) is 11.0 Å². The summed E-state index contributed by atoms with van der Waals surface area (Å²) in [5.74, 6) is 0.138. The van der Waals surface area contributed by atoms with Crippen LogP contribution in [0, 0.1) is 11.3 Å². The lowest BCUT2D eigenvalue weighted by Crippen LogP contribution is -2.26. The highest BCUT2D eigenvalue weighted by molar-refractivity contribution is 7.99. The number of halogens is 1. The van der Waals surface area contributed by atoms with Crippen molar-refractivity contribution in [1.82, 2.24) is 14.9 Å². The van der Waals surface area contributed by atoms with Crippen LogP contribution in [-0.2, 0) is 11.3 Å². The minimum absolute atomic E-state index is 0.110. The van der Waals surface area contributed by atoms with Gasteiger partial charge in [0.1, 0.15) is 0 Å². The van der Waals surface area contributed by atoms with Gasteiger partial charge in [-0.25, -0.2) is 4.98 Å². The van der Waals surface area contributed by atoms with Crippen molar-refractivity contribution in [2.45, 2.75) is 18.1 Å². The molecule has 0 saturated heterocycles. The number of carbonyl (C=O) groups excluding carboxylic acids is 1. The molecule has 0 fully saturated rings. The van der Waals surface area contributed by atoms with Crippen molar-refractivity contribution in [1.29, 1.82) is 5.26 Å². The first-order valence-corrected chi connectivity index (χ1v) is 9.50. The van der Waals surface area contributed by atoms with Crippen LogP contribution >= 0.6 is 23.4 Å². The van der Waals surface area contributed by atoms with Gasteiger partial charge in [-0.2, -0.15) is 5.26 Å². The molecule has 0 bridgehead atoms. The predicted molar refractivity (Wildman–Crippen MR) is 104 cm³/mol. The SMILES string of the molecule is N#CCCNC(=O)CSc1nc2cc(Cl)ccc2n1Cc1ccccc1. The van der Waals surface area contributed by atoms with E-state index in [-0.39, 0.29) is 11.7 Å². The normalized spacial score (nSPS) is 10.6. The minimum atomic E-state index is -0.110. The van der Waals surface area contributed by atoms with Crippen molar-refractivity contribution in [2.24, 2.45) is 0 Å². The van der Waals surface area contributed by atoms with E-state index in [4.69, 9.17) is 16.9 Å². The summed E-state index contributed by atoms with van der Waals surface area (Å²) >= 11 is 7.47. The number of nitrogens with zero attached hydrogens (tertiary/aromatic N) is 3. The molecule has 1 aromatic heterocycles. The van der Waals surface area contributed by atoms with E-state index < -0.39 is 0 Å². The molecule has 1 N–H and O–H groups in total. The second kappa shape index (κ2) is 8.75. The lowest BCUT2D eigenvalue weighted by Gasteiger charge is -2.09. The molecular formula is C19H17ClN4OS. The number of benzene rings is 2. The predicted octanol–water partition coefficient (Wildman–Crippen LogP) is 3.86. The number of nitriles is 1. The van der Waals surface area contributed by atoms with Crippen LogP contribution in [0.3, 0.4) is 0 Å². The highest BCUT2D eigenvalue weighted by Crippen LogP contribution is 2.27. The number of rotatable bonds is 7. The maximum atomic E-state index is 11.9. The monoisotopic (exact) mass is 384 g/mol. The van der Waals surface area contributed by atoms with Gasteiger partial charge in [0.25, 0.3) is 0 Å². The number of nitrogens with one attached hydrogen (secondary N) is 1. The Labute approximate surface area is 161 Å². The standard InChI is InChI=1S/C19H17ClN4OS/c20-15-7-8-17-16(11-15)23-19(26-13-18(25)22-10-4-9-21)24(17)12-14-5-2-1-3-6-14/h1-3,5-8,11H,4,10,12-13H2,(H,22,25). The van der Waals surface area contributed by atoms with Crippen LogP contribution < -0.4 is 5.32 Å². The highest BCUT2D eigenvalue weighted by atomic mass is 35.5. The zero-order chi connectivity index (χ0) is 18.4. The van der Waals surface area contributed by atoms with Gasteiger partial charge in [-0.3, -0.25) is 4.79 Å². The van der Waals surface area contributed by atoms with E-state index in [1.165, 1.54) is 11.8 Å². The van der Waals surface area contributed by atoms with Gasteiger partial charge in [0.2, 0.25) is 5.91 Å². The number of hydrogen-bond donors (Lipinski definition) is 1. The number of thioether (sulfide) groups is 1. The smallest absolute Gasteiger partial charge is 0.230 e. The van der Waals surface area contributed by atoms with Crippen molar-refractivity contribution in [3.63, 3.8) is 0 Å². The molecule has 0 aliphatic rings. The Hall–Kier alpha value is -2.49. The molecule has 0 aliphatic carbocycles. The number of fused-ring (bicyclic) bond motifs is 1. The van der Waals surface area contributed by atoms with Crippen LogP contribution in [0.4, 0.5) is 0 Å². The number of hydrogen-bond acceptors (Lipinski definition) is 4. The molecule has 5 nitrogen and oxygen atoms in total. The summed E-state index contributed by atoms with van der Waals surface area (Å²) in [5, 5.41) is 12.7. The second-order valence-electron chi connectivity index (χ2n) is 5.65. The molecule has 1 heterocycles. The van der Waals surface area contributed by atoms with Gasteiger partial charge < -0.3 is 9.88 Å². The largest absolute Gasteiger partial charge is 0.354 e. The Kier molecular flexibility index (Phi) is 6.16. The van der Waals surface area contributed by atoms with Crippen molar-refractivity contribution in [3.8, 4) is 6.07 Å². The lowest BCUT2D eigenvalue weighted by molar-refractivity contribution is -0.118. The molecule has 7 heteroatoms. The fourth-order valence-corrected chi connectivity index (χ4v) is 3.56. The number of carbonyl (C=O) groups is 1. The molecular weight excluding hydrogens is 368 g/mol. The molecule has 0 unspecified atom stereocenters. The molecule has 0 atom stereocenters. The first-order chi connectivity index (χ1) is 12.7. The molecule has 0 spiro atoms. The summed E-state index contributed by atoms with van der Waals surface area (Å²) in [6, 6.07) is 17.7. The average molecular weight is 385 g/mol. The van der Waals surface area contributed by atoms with Gasteiger partial charge in [-0.15, -0.1) is 0 Å². The fraction of sp³-hybridized carbons (Fsp3) is 0.211. The highest BCUT2D eigenvalue weighted by Gasteiger charge is 2.14. The minimum Gasteiger partial charge on any atom is -0.354 e. The Morgan fingerprint density at radius 2 is 2.08 bits per heavy atom. The van der Waals surface area contributed by atoms with E-state index in [0.717, 1.165) is 21.8 Å². The third-order valence-electron chi connectivity index (χ3n) is 3.75. The number of amides is 1. The van der Waals surface area contributed by atoms with E-state index >= 15 is 0 Å². The molecule has 3 rings (SSSR count). The van der Waals surface area contributed by atoms with Gasteiger partial charge in [0.05, 0.1) is 35.8 Å². The maximum Gasteiger partial charge on any atom is 0.230 e. The molecule has 132 valence electrons. The Morgan fingerprint density at radius 1 is 1.27 bits per heavy atom. The molecule has 3 aromatic rings. The van der Waals surface area contributed by atoms with Crippen molar-refractivity contribution in [3.05, 3.63) is 59.1 Å². The van der Waals surface area contributed by atoms with Gasteiger partial charge in [0.15, 0.2) is 5.16 Å². The van der Waals surface area contributed by atoms with E-state index in [1.807, 2.05) is 42.5 Å². The first-order valence-electron chi connectivity index (χ1n) is 8.13. The van der Waals surface area contributed by atoms with Crippen molar-refractivity contribution in [2.75, 3.05) is 12.3 Å². The van der Waals surface area contributed by atoms with Crippen LogP contribution in [0.15, 0.2) is 53.7 Å². The van der Waals surface area contributed by atoms with E-state index in [2.05, 4.69) is 27.0 Å². The van der Waals surface area contributed by atoms with Crippen LogP contribution in [0.2, 0.25) is 5.02 Å². The van der Waals surface area contributed by atoms with Gasteiger partial charge in [-0.05, 0) is 23.8 Å². The average Bonchev–Trinajstić information content (AvgIpc) is 2.97.